The van der Waals surface area contributed by atoms with Crippen molar-refractivity contribution in [2.24, 2.45) is 0 Å². The lowest BCUT2D eigenvalue weighted by Crippen LogP contribution is -2.29. The number of aliphatic hydroxyl groups excluding tert-OH is 2. The zero-order chi connectivity index (χ0) is 25.0. The van der Waals surface area contributed by atoms with Crippen molar-refractivity contribution in [1.82, 2.24) is 0 Å². The average Bonchev–Trinajstić information content (AvgIpc) is 2.79. The maximum absolute atomic E-state index is 12.1. The average molecular weight is 499 g/mol. The van der Waals surface area contributed by atoms with E-state index in [-0.39, 0.29) is 19.4 Å². The molecule has 0 bridgehead atoms. The fourth-order valence-electron chi connectivity index (χ4n) is 2.81. The highest BCUT2D eigenvalue weighted by molar-refractivity contribution is 7.47. The van der Waals surface area contributed by atoms with E-state index in [9.17, 15) is 24.2 Å². The monoisotopic (exact) mass is 498 g/mol. The number of rotatable bonds is 22. The van der Waals surface area contributed by atoms with Crippen LogP contribution in [0.25, 0.3) is 0 Å². The van der Waals surface area contributed by atoms with Gasteiger partial charge < -0.3 is 24.6 Å². The molecule has 0 aromatic carbocycles. The number of esters is 2. The van der Waals surface area contributed by atoms with E-state index in [1.54, 1.807) is 0 Å². The molecule has 33 heavy (non-hydrogen) atoms. The minimum absolute atomic E-state index is 0.182. The van der Waals surface area contributed by atoms with Gasteiger partial charge in [-0.05, 0) is 12.8 Å². The standard InChI is InChI=1S/C22H43O10P/c1-3-5-7-9-11-13-21(25)29-17-20(32-22(26)14-12-10-8-6-4-2)18-31-33(27,28)30-16-19(24)15-23/h19-20,23-24H,3-18H2,1-2H3,(H,27,28)/t19-,20-/m1/s1. The molecule has 10 nitrogen and oxygen atoms in total. The van der Waals surface area contributed by atoms with Crippen LogP contribution in [0.3, 0.4) is 0 Å². The molecular formula is C22H43O10P. The molecule has 11 heteroatoms. The van der Waals surface area contributed by atoms with Crippen LogP contribution < -0.4 is 0 Å². The fourth-order valence-corrected chi connectivity index (χ4v) is 3.60. The summed E-state index contributed by atoms with van der Waals surface area (Å²) in [5, 5.41) is 18.0. The van der Waals surface area contributed by atoms with Crippen molar-refractivity contribution in [1.29, 1.82) is 0 Å². The number of carbonyl (C=O) groups excluding carboxylic acids is 2. The van der Waals surface area contributed by atoms with Gasteiger partial charge in [0.1, 0.15) is 12.7 Å². The second-order valence-electron chi connectivity index (χ2n) is 8.02. The van der Waals surface area contributed by atoms with E-state index in [1.165, 1.54) is 0 Å². The summed E-state index contributed by atoms with van der Waals surface area (Å²) < 4.78 is 31.8. The first-order valence-corrected chi connectivity index (χ1v) is 13.5. The van der Waals surface area contributed by atoms with Gasteiger partial charge in [0.05, 0.1) is 19.8 Å². The molecule has 0 aromatic heterocycles. The quantitative estimate of drug-likeness (QED) is 0.115. The molecule has 0 radical (unpaired) electrons. The van der Waals surface area contributed by atoms with E-state index in [0.29, 0.717) is 12.8 Å². The van der Waals surface area contributed by atoms with E-state index in [4.69, 9.17) is 19.1 Å². The predicted octanol–water partition coefficient (Wildman–Crippen LogP) is 3.65. The lowest BCUT2D eigenvalue weighted by molar-refractivity contribution is -0.161. The number of aliphatic hydroxyl groups is 2. The Morgan fingerprint density at radius 3 is 1.85 bits per heavy atom. The van der Waals surface area contributed by atoms with E-state index in [0.717, 1.165) is 51.4 Å². The van der Waals surface area contributed by atoms with Crippen LogP contribution in [0.1, 0.15) is 90.9 Å². The second-order valence-corrected chi connectivity index (χ2v) is 9.47. The van der Waals surface area contributed by atoms with Gasteiger partial charge in [0, 0.05) is 12.8 Å². The summed E-state index contributed by atoms with van der Waals surface area (Å²) in [4.78, 5) is 33.8. The van der Waals surface area contributed by atoms with Gasteiger partial charge in [0.25, 0.3) is 0 Å². The molecule has 0 aliphatic heterocycles. The van der Waals surface area contributed by atoms with Gasteiger partial charge in [-0.1, -0.05) is 65.2 Å². The van der Waals surface area contributed by atoms with Gasteiger partial charge in [0.2, 0.25) is 0 Å². The van der Waals surface area contributed by atoms with Crippen molar-refractivity contribution < 1.29 is 47.8 Å². The van der Waals surface area contributed by atoms with Crippen molar-refractivity contribution in [3.8, 4) is 0 Å². The molecule has 0 aliphatic rings. The van der Waals surface area contributed by atoms with Crippen molar-refractivity contribution in [2.45, 2.75) is 103 Å². The number of ether oxygens (including phenoxy) is 2. The molecular weight excluding hydrogens is 455 g/mol. The van der Waals surface area contributed by atoms with Crippen LogP contribution in [0, 0.1) is 0 Å². The molecule has 3 N–H and O–H groups in total. The second kappa shape index (κ2) is 20.4. The van der Waals surface area contributed by atoms with Gasteiger partial charge in [-0.25, -0.2) is 4.57 Å². The Balaban J connectivity index is 4.60. The van der Waals surface area contributed by atoms with Gasteiger partial charge in [-0.15, -0.1) is 0 Å². The summed E-state index contributed by atoms with van der Waals surface area (Å²) >= 11 is 0. The molecule has 0 aromatic rings. The van der Waals surface area contributed by atoms with Crippen LogP contribution in [0.15, 0.2) is 0 Å². The molecule has 0 amide bonds. The fraction of sp³-hybridized carbons (Fsp3) is 0.909. The third-order valence-electron chi connectivity index (χ3n) is 4.76. The zero-order valence-electron chi connectivity index (χ0n) is 20.1. The van der Waals surface area contributed by atoms with Crippen LogP contribution in [-0.2, 0) is 32.7 Å². The molecule has 0 spiro atoms. The minimum Gasteiger partial charge on any atom is -0.462 e. The highest BCUT2D eigenvalue weighted by atomic mass is 31.2. The molecule has 0 saturated heterocycles. The van der Waals surface area contributed by atoms with Gasteiger partial charge in [-0.3, -0.25) is 18.6 Å². The topological polar surface area (TPSA) is 149 Å². The SMILES string of the molecule is CCCCCCCC(=O)OC[C@H](COP(=O)(O)OC[C@H](O)CO)OC(=O)CCCCCCC. The zero-order valence-corrected chi connectivity index (χ0v) is 21.0. The number of carbonyl (C=O) groups is 2. The highest BCUT2D eigenvalue weighted by Gasteiger charge is 2.27. The number of unbranched alkanes of at least 4 members (excludes halogenated alkanes) is 8. The van der Waals surface area contributed by atoms with Crippen molar-refractivity contribution in [3.05, 3.63) is 0 Å². The molecule has 0 aliphatic carbocycles. The van der Waals surface area contributed by atoms with E-state index >= 15 is 0 Å². The van der Waals surface area contributed by atoms with Gasteiger partial charge >= 0.3 is 19.8 Å². The molecule has 1 unspecified atom stereocenters. The maximum Gasteiger partial charge on any atom is 0.472 e. The Morgan fingerprint density at radius 2 is 1.30 bits per heavy atom. The Bertz CT molecular complexity index is 557. The van der Waals surface area contributed by atoms with Crippen molar-refractivity contribution in [3.63, 3.8) is 0 Å². The normalized spacial score (nSPS) is 14.9. The number of hydrogen-bond acceptors (Lipinski definition) is 9. The van der Waals surface area contributed by atoms with E-state index in [1.807, 2.05) is 0 Å². The number of hydrogen-bond donors (Lipinski definition) is 3. The third kappa shape index (κ3) is 20.1. The van der Waals surface area contributed by atoms with Crippen LogP contribution >= 0.6 is 7.82 Å². The number of phosphoric acid groups is 1. The van der Waals surface area contributed by atoms with Crippen LogP contribution in [0.4, 0.5) is 0 Å². The van der Waals surface area contributed by atoms with Crippen molar-refractivity contribution >= 4 is 19.8 Å². The Kier molecular flexibility index (Phi) is 19.7. The minimum atomic E-state index is -4.57. The Hall–Kier alpha value is -1.03. The Labute approximate surface area is 197 Å². The van der Waals surface area contributed by atoms with E-state index < -0.39 is 51.8 Å². The summed E-state index contributed by atoms with van der Waals surface area (Å²) in [6.07, 6.45) is 7.65. The molecule has 0 rings (SSSR count). The molecule has 0 fully saturated rings. The van der Waals surface area contributed by atoms with Gasteiger partial charge in [-0.2, -0.15) is 0 Å². The summed E-state index contributed by atoms with van der Waals surface area (Å²) in [5.41, 5.74) is 0. The lowest BCUT2D eigenvalue weighted by atomic mass is 10.1. The van der Waals surface area contributed by atoms with Crippen molar-refractivity contribution in [2.75, 3.05) is 26.4 Å². The van der Waals surface area contributed by atoms with Crippen LogP contribution in [-0.4, -0.2) is 65.7 Å². The third-order valence-corrected chi connectivity index (χ3v) is 5.71. The van der Waals surface area contributed by atoms with Crippen LogP contribution in [0.2, 0.25) is 0 Å². The predicted molar refractivity (Wildman–Crippen MR) is 122 cm³/mol. The molecule has 0 saturated carbocycles. The van der Waals surface area contributed by atoms with Crippen LogP contribution in [0.5, 0.6) is 0 Å². The molecule has 3 atom stereocenters. The largest absolute Gasteiger partial charge is 0.472 e. The first-order valence-electron chi connectivity index (χ1n) is 12.0. The highest BCUT2D eigenvalue weighted by Crippen LogP contribution is 2.43. The summed E-state index contributed by atoms with van der Waals surface area (Å²) in [5.74, 6) is -0.957. The first kappa shape index (κ1) is 32.0. The lowest BCUT2D eigenvalue weighted by Gasteiger charge is -2.20. The smallest absolute Gasteiger partial charge is 0.462 e. The summed E-state index contributed by atoms with van der Waals surface area (Å²) in [6, 6.07) is 0. The summed E-state index contributed by atoms with van der Waals surface area (Å²) in [6.45, 7) is 2.10. The molecule has 196 valence electrons. The number of phosphoric ester groups is 1. The van der Waals surface area contributed by atoms with E-state index in [2.05, 4.69) is 18.4 Å². The first-order chi connectivity index (χ1) is 15.7. The Morgan fingerprint density at radius 1 is 0.788 bits per heavy atom. The summed E-state index contributed by atoms with van der Waals surface area (Å²) in [7, 11) is -4.57. The maximum atomic E-state index is 12.1. The molecule has 0 heterocycles. The van der Waals surface area contributed by atoms with Gasteiger partial charge in [0.15, 0.2) is 6.10 Å².